The Morgan fingerprint density at radius 3 is 2.39 bits per heavy atom. The van der Waals surface area contributed by atoms with Gasteiger partial charge in [0.1, 0.15) is 11.4 Å². The zero-order chi connectivity index (χ0) is 14.0. The number of sulfonamides is 1. The quantitative estimate of drug-likeness (QED) is 0.705. The molecule has 0 saturated carbocycles. The van der Waals surface area contributed by atoms with Gasteiger partial charge in [-0.05, 0) is 19.8 Å². The molecule has 7 nitrogen and oxygen atoms in total. The Balaban J connectivity index is 3.11. The fourth-order valence-electron chi connectivity index (χ4n) is 1.59. The van der Waals surface area contributed by atoms with Gasteiger partial charge in [0.15, 0.2) is 5.03 Å². The van der Waals surface area contributed by atoms with Gasteiger partial charge in [0, 0.05) is 0 Å². The van der Waals surface area contributed by atoms with Crippen molar-refractivity contribution < 1.29 is 18.3 Å². The van der Waals surface area contributed by atoms with Crippen LogP contribution in [0.2, 0.25) is 0 Å². The number of nitrogens with zero attached hydrogens (tertiary/aromatic N) is 1. The molecule has 0 aliphatic heterocycles. The van der Waals surface area contributed by atoms with Crippen molar-refractivity contribution in [2.75, 3.05) is 0 Å². The van der Waals surface area contributed by atoms with E-state index < -0.39 is 21.5 Å². The molecular formula is C10H17N3O4S. The van der Waals surface area contributed by atoms with E-state index in [1.165, 1.54) is 0 Å². The number of hydrogen-bond donors (Lipinski definition) is 3. The standard InChI is InChI=1S/C10H17N3O4S/c1-4-10(5-2,9(14)15)13-18(16,17)8-6-11-7(3)12-8/h6,13H,4-5H2,1-3H3,(H,11,12)(H,14,15). The smallest absolute Gasteiger partial charge is 0.324 e. The number of carboxylic acids is 1. The zero-order valence-electron chi connectivity index (χ0n) is 10.5. The number of aromatic amines is 1. The van der Waals surface area contributed by atoms with Crippen LogP contribution in [0, 0.1) is 6.92 Å². The number of H-pyrrole nitrogens is 1. The largest absolute Gasteiger partial charge is 0.480 e. The second-order valence-electron chi connectivity index (χ2n) is 4.03. The second-order valence-corrected chi connectivity index (χ2v) is 5.68. The number of imidazole rings is 1. The Morgan fingerprint density at radius 1 is 1.50 bits per heavy atom. The van der Waals surface area contributed by atoms with Crippen LogP contribution in [-0.2, 0) is 14.8 Å². The Labute approximate surface area is 106 Å². The summed E-state index contributed by atoms with van der Waals surface area (Å²) in [6.45, 7) is 4.86. The minimum absolute atomic E-state index is 0.132. The SMILES string of the molecule is CCC(CC)(NS(=O)(=O)c1cnc(C)[nH]1)C(=O)O. The lowest BCUT2D eigenvalue weighted by Gasteiger charge is -2.27. The molecule has 0 spiro atoms. The number of aryl methyl sites for hydroxylation is 1. The van der Waals surface area contributed by atoms with Crippen LogP contribution in [0.25, 0.3) is 0 Å². The molecule has 0 aliphatic carbocycles. The maximum absolute atomic E-state index is 12.0. The van der Waals surface area contributed by atoms with Crippen molar-refractivity contribution in [1.82, 2.24) is 14.7 Å². The molecular weight excluding hydrogens is 258 g/mol. The lowest BCUT2D eigenvalue weighted by molar-refractivity contribution is -0.144. The number of aliphatic carboxylic acids is 1. The highest BCUT2D eigenvalue weighted by molar-refractivity contribution is 7.89. The zero-order valence-corrected chi connectivity index (χ0v) is 11.3. The molecule has 0 amide bonds. The summed E-state index contributed by atoms with van der Waals surface area (Å²) in [6, 6.07) is 0. The van der Waals surface area contributed by atoms with Gasteiger partial charge in [-0.15, -0.1) is 0 Å². The van der Waals surface area contributed by atoms with Gasteiger partial charge in [0.25, 0.3) is 10.0 Å². The van der Waals surface area contributed by atoms with Crippen molar-refractivity contribution in [3.8, 4) is 0 Å². The Kier molecular flexibility index (Phi) is 4.12. The van der Waals surface area contributed by atoms with Crippen molar-refractivity contribution in [2.45, 2.75) is 44.2 Å². The Hall–Kier alpha value is -1.41. The van der Waals surface area contributed by atoms with Gasteiger partial charge in [0.05, 0.1) is 6.20 Å². The number of carbonyl (C=O) groups is 1. The highest BCUT2D eigenvalue weighted by Crippen LogP contribution is 2.19. The van der Waals surface area contributed by atoms with Crippen LogP contribution in [0.15, 0.2) is 11.2 Å². The van der Waals surface area contributed by atoms with Gasteiger partial charge >= 0.3 is 5.97 Å². The first-order valence-corrected chi connectivity index (χ1v) is 7.04. The lowest BCUT2D eigenvalue weighted by atomic mass is 9.95. The summed E-state index contributed by atoms with van der Waals surface area (Å²) in [5, 5.41) is 9.05. The van der Waals surface area contributed by atoms with E-state index in [-0.39, 0.29) is 17.9 Å². The molecule has 102 valence electrons. The van der Waals surface area contributed by atoms with Gasteiger partial charge in [-0.3, -0.25) is 4.79 Å². The van der Waals surface area contributed by atoms with Gasteiger partial charge in [-0.25, -0.2) is 13.4 Å². The molecule has 0 saturated heterocycles. The molecule has 0 aliphatic rings. The molecule has 0 bridgehead atoms. The lowest BCUT2D eigenvalue weighted by Crippen LogP contribution is -2.53. The number of rotatable bonds is 6. The number of carboxylic acid groups (broad SMARTS) is 1. The topological polar surface area (TPSA) is 112 Å². The summed E-state index contributed by atoms with van der Waals surface area (Å²) in [5.41, 5.74) is -1.49. The van der Waals surface area contributed by atoms with E-state index in [4.69, 9.17) is 0 Å². The van der Waals surface area contributed by atoms with Crippen molar-refractivity contribution >= 4 is 16.0 Å². The Bertz CT molecular complexity index is 531. The molecule has 0 unspecified atom stereocenters. The molecule has 3 N–H and O–H groups in total. The summed E-state index contributed by atoms with van der Waals surface area (Å²) in [4.78, 5) is 17.6. The van der Waals surface area contributed by atoms with E-state index in [1.807, 2.05) is 0 Å². The summed E-state index contributed by atoms with van der Waals surface area (Å²) in [5.74, 6) is -0.739. The van der Waals surface area contributed by atoms with Crippen LogP contribution in [-0.4, -0.2) is 35.0 Å². The highest BCUT2D eigenvalue weighted by atomic mass is 32.2. The van der Waals surface area contributed by atoms with Gasteiger partial charge in [-0.2, -0.15) is 4.72 Å². The molecule has 1 heterocycles. The predicted octanol–water partition coefficient (Wildman–Crippen LogP) is 0.640. The van der Waals surface area contributed by atoms with Crippen LogP contribution in [0.4, 0.5) is 0 Å². The van der Waals surface area contributed by atoms with E-state index in [0.29, 0.717) is 5.82 Å². The van der Waals surface area contributed by atoms with E-state index in [1.54, 1.807) is 20.8 Å². The van der Waals surface area contributed by atoms with Crippen LogP contribution in [0.1, 0.15) is 32.5 Å². The highest BCUT2D eigenvalue weighted by Gasteiger charge is 2.39. The number of hydrogen-bond acceptors (Lipinski definition) is 4. The molecule has 0 atom stereocenters. The molecule has 0 aromatic carbocycles. The summed E-state index contributed by atoms with van der Waals surface area (Å²) < 4.78 is 26.3. The minimum atomic E-state index is -3.92. The maximum Gasteiger partial charge on any atom is 0.324 e. The van der Waals surface area contributed by atoms with Gasteiger partial charge in [-0.1, -0.05) is 13.8 Å². The van der Waals surface area contributed by atoms with Crippen LogP contribution >= 0.6 is 0 Å². The Morgan fingerprint density at radius 2 is 2.06 bits per heavy atom. The molecule has 0 radical (unpaired) electrons. The third-order valence-electron chi connectivity index (χ3n) is 2.92. The minimum Gasteiger partial charge on any atom is -0.480 e. The molecule has 8 heteroatoms. The summed E-state index contributed by atoms with van der Waals surface area (Å²) in [6.07, 6.45) is 1.48. The average molecular weight is 275 g/mol. The fourth-order valence-corrected chi connectivity index (χ4v) is 3.06. The maximum atomic E-state index is 12.0. The molecule has 1 aromatic rings. The molecule has 1 aromatic heterocycles. The molecule has 0 fully saturated rings. The summed E-state index contributed by atoms with van der Waals surface area (Å²) in [7, 11) is -3.92. The van der Waals surface area contributed by atoms with Crippen LogP contribution < -0.4 is 4.72 Å². The van der Waals surface area contributed by atoms with Crippen LogP contribution in [0.5, 0.6) is 0 Å². The van der Waals surface area contributed by atoms with E-state index in [2.05, 4.69) is 14.7 Å². The summed E-state index contributed by atoms with van der Waals surface area (Å²) >= 11 is 0. The predicted molar refractivity (Wildman–Crippen MR) is 64.6 cm³/mol. The van der Waals surface area contributed by atoms with Crippen molar-refractivity contribution in [2.24, 2.45) is 0 Å². The first kappa shape index (κ1) is 14.7. The number of nitrogens with one attached hydrogen (secondary N) is 2. The van der Waals surface area contributed by atoms with E-state index in [0.717, 1.165) is 6.20 Å². The molecule has 1 rings (SSSR count). The third-order valence-corrected chi connectivity index (χ3v) is 4.36. The van der Waals surface area contributed by atoms with Crippen LogP contribution in [0.3, 0.4) is 0 Å². The van der Waals surface area contributed by atoms with Crippen molar-refractivity contribution in [3.63, 3.8) is 0 Å². The van der Waals surface area contributed by atoms with Crippen molar-refractivity contribution in [1.29, 1.82) is 0 Å². The third kappa shape index (κ3) is 2.70. The number of aromatic nitrogens is 2. The van der Waals surface area contributed by atoms with Gasteiger partial charge in [0.2, 0.25) is 0 Å². The average Bonchev–Trinajstić information content (AvgIpc) is 2.73. The fraction of sp³-hybridized carbons (Fsp3) is 0.600. The molecule has 18 heavy (non-hydrogen) atoms. The normalized spacial score (nSPS) is 12.6. The van der Waals surface area contributed by atoms with Crippen molar-refractivity contribution in [3.05, 3.63) is 12.0 Å². The first-order valence-electron chi connectivity index (χ1n) is 5.56. The van der Waals surface area contributed by atoms with Gasteiger partial charge < -0.3 is 10.1 Å². The van der Waals surface area contributed by atoms with E-state index >= 15 is 0 Å². The monoisotopic (exact) mass is 275 g/mol. The first-order chi connectivity index (χ1) is 8.27. The van der Waals surface area contributed by atoms with E-state index in [9.17, 15) is 18.3 Å². The second kappa shape index (κ2) is 5.07.